The molecule has 0 radical (unpaired) electrons. The second kappa shape index (κ2) is 7.56. The van der Waals surface area contributed by atoms with E-state index >= 15 is 0 Å². The zero-order valence-electron chi connectivity index (χ0n) is 9.67. The molecule has 14 heavy (non-hydrogen) atoms. The highest BCUT2D eigenvalue weighted by Gasteiger charge is 2.05. The predicted molar refractivity (Wildman–Crippen MR) is 57.7 cm³/mol. The van der Waals surface area contributed by atoms with E-state index in [0.717, 1.165) is 25.7 Å². The minimum atomic E-state index is -0.0793. The molecule has 3 nitrogen and oxygen atoms in total. The molecule has 0 N–H and O–H groups in total. The van der Waals surface area contributed by atoms with Crippen molar-refractivity contribution in [2.24, 2.45) is 0 Å². The smallest absolute Gasteiger partial charge is 0.269 e. The number of carbonyl (C=O) groups excluding carboxylic acids is 1. The summed E-state index contributed by atoms with van der Waals surface area (Å²) in [6, 6.07) is 0. The van der Waals surface area contributed by atoms with Crippen LogP contribution in [0.2, 0.25) is 0 Å². The van der Waals surface area contributed by atoms with Crippen LogP contribution in [0, 0.1) is 0 Å². The second-order valence-corrected chi connectivity index (χ2v) is 3.32. The predicted octanol–water partition coefficient (Wildman–Crippen LogP) is 2.53. The Balaban J connectivity index is 4.31. The first kappa shape index (κ1) is 13.2. The highest BCUT2D eigenvalue weighted by Crippen LogP contribution is 2.12. The number of hydrogen-bond donors (Lipinski definition) is 0. The molecule has 0 fully saturated rings. The van der Waals surface area contributed by atoms with Crippen LogP contribution in [-0.2, 0) is 9.63 Å². The average molecular weight is 199 g/mol. The summed E-state index contributed by atoms with van der Waals surface area (Å²) < 4.78 is 0. The van der Waals surface area contributed by atoms with Gasteiger partial charge in [-0.3, -0.25) is 9.63 Å². The van der Waals surface area contributed by atoms with Crippen molar-refractivity contribution in [3.63, 3.8) is 0 Å². The van der Waals surface area contributed by atoms with Crippen LogP contribution in [0.3, 0.4) is 0 Å². The molecule has 0 aromatic heterocycles. The zero-order chi connectivity index (χ0) is 11.0. The van der Waals surface area contributed by atoms with E-state index in [0.29, 0.717) is 0 Å². The standard InChI is InChI=1S/C11H21NO2/c1-5-7-10(8-6-2)9-11(13)12(3)14-4/h9H,5-8H2,1-4H3. The lowest BCUT2D eigenvalue weighted by molar-refractivity contribution is -0.162. The van der Waals surface area contributed by atoms with Crippen LogP contribution in [0.4, 0.5) is 0 Å². The molecule has 0 atom stereocenters. The summed E-state index contributed by atoms with van der Waals surface area (Å²) in [6.45, 7) is 4.24. The number of rotatable bonds is 6. The van der Waals surface area contributed by atoms with Gasteiger partial charge in [0.15, 0.2) is 0 Å². The van der Waals surface area contributed by atoms with Gasteiger partial charge in [0.05, 0.1) is 7.11 Å². The molecule has 82 valence electrons. The highest BCUT2D eigenvalue weighted by molar-refractivity contribution is 5.87. The first-order valence-electron chi connectivity index (χ1n) is 5.16. The summed E-state index contributed by atoms with van der Waals surface area (Å²) in [4.78, 5) is 16.3. The zero-order valence-corrected chi connectivity index (χ0v) is 9.67. The summed E-state index contributed by atoms with van der Waals surface area (Å²) in [5, 5.41) is 1.24. The lowest BCUT2D eigenvalue weighted by atomic mass is 10.1. The topological polar surface area (TPSA) is 29.5 Å². The maximum absolute atomic E-state index is 11.5. The van der Waals surface area contributed by atoms with E-state index in [1.54, 1.807) is 13.1 Å². The molecule has 0 aliphatic heterocycles. The van der Waals surface area contributed by atoms with Gasteiger partial charge in [0, 0.05) is 13.1 Å². The van der Waals surface area contributed by atoms with Crippen LogP contribution < -0.4 is 0 Å². The van der Waals surface area contributed by atoms with Gasteiger partial charge in [-0.05, 0) is 12.8 Å². The van der Waals surface area contributed by atoms with E-state index in [1.807, 2.05) is 0 Å². The molecule has 1 amide bonds. The number of amides is 1. The van der Waals surface area contributed by atoms with E-state index < -0.39 is 0 Å². The Bertz CT molecular complexity index is 191. The number of nitrogens with zero attached hydrogens (tertiary/aromatic N) is 1. The van der Waals surface area contributed by atoms with Crippen molar-refractivity contribution >= 4 is 5.91 Å². The van der Waals surface area contributed by atoms with Crippen molar-refractivity contribution in [3.8, 4) is 0 Å². The van der Waals surface area contributed by atoms with E-state index in [-0.39, 0.29) is 5.91 Å². The summed E-state index contributed by atoms with van der Waals surface area (Å²) >= 11 is 0. The lowest BCUT2D eigenvalue weighted by Crippen LogP contribution is -2.23. The molecule has 0 rings (SSSR count). The molecule has 0 saturated carbocycles. The van der Waals surface area contributed by atoms with Crippen LogP contribution in [0.25, 0.3) is 0 Å². The molecular weight excluding hydrogens is 178 g/mol. The molecule has 3 heteroatoms. The molecule has 0 aliphatic rings. The molecule has 0 aromatic carbocycles. The number of hydrogen-bond acceptors (Lipinski definition) is 2. The van der Waals surface area contributed by atoms with Crippen LogP contribution >= 0.6 is 0 Å². The Kier molecular flexibility index (Phi) is 7.11. The van der Waals surface area contributed by atoms with E-state index in [2.05, 4.69) is 13.8 Å². The molecule has 0 unspecified atom stereocenters. The molecule has 0 spiro atoms. The van der Waals surface area contributed by atoms with Crippen LogP contribution in [0.1, 0.15) is 39.5 Å². The van der Waals surface area contributed by atoms with Crippen LogP contribution in [0.15, 0.2) is 11.6 Å². The fourth-order valence-electron chi connectivity index (χ4n) is 1.27. The van der Waals surface area contributed by atoms with Gasteiger partial charge in [-0.1, -0.05) is 32.3 Å². The first-order chi connectivity index (χ1) is 6.65. The van der Waals surface area contributed by atoms with Crippen molar-refractivity contribution in [2.75, 3.05) is 14.2 Å². The Morgan fingerprint density at radius 1 is 1.29 bits per heavy atom. The normalized spacial score (nSPS) is 9.71. The van der Waals surface area contributed by atoms with Gasteiger partial charge < -0.3 is 0 Å². The van der Waals surface area contributed by atoms with E-state index in [9.17, 15) is 4.79 Å². The molecule has 0 saturated heterocycles. The maximum atomic E-state index is 11.5. The van der Waals surface area contributed by atoms with Gasteiger partial charge in [-0.2, -0.15) is 0 Å². The van der Waals surface area contributed by atoms with Gasteiger partial charge >= 0.3 is 0 Å². The minimum absolute atomic E-state index is 0.0793. The van der Waals surface area contributed by atoms with Crippen molar-refractivity contribution in [2.45, 2.75) is 39.5 Å². The number of hydroxylamine groups is 2. The monoisotopic (exact) mass is 199 g/mol. The molecular formula is C11H21NO2. The third-order valence-corrected chi connectivity index (χ3v) is 2.05. The lowest BCUT2D eigenvalue weighted by Gasteiger charge is -2.12. The third-order valence-electron chi connectivity index (χ3n) is 2.05. The van der Waals surface area contributed by atoms with Crippen molar-refractivity contribution in [1.29, 1.82) is 0 Å². The Morgan fingerprint density at radius 3 is 2.14 bits per heavy atom. The van der Waals surface area contributed by atoms with Crippen LogP contribution in [-0.4, -0.2) is 25.1 Å². The minimum Gasteiger partial charge on any atom is -0.274 e. The first-order valence-corrected chi connectivity index (χ1v) is 5.16. The van der Waals surface area contributed by atoms with E-state index in [1.165, 1.54) is 17.7 Å². The highest BCUT2D eigenvalue weighted by atomic mass is 16.7. The number of likely N-dealkylation sites (N-methyl/N-ethyl adjacent to an activating group) is 1. The fraction of sp³-hybridized carbons (Fsp3) is 0.727. The van der Waals surface area contributed by atoms with Gasteiger partial charge in [0.2, 0.25) is 0 Å². The van der Waals surface area contributed by atoms with Crippen LogP contribution in [0.5, 0.6) is 0 Å². The van der Waals surface area contributed by atoms with Crippen molar-refractivity contribution in [1.82, 2.24) is 5.06 Å². The Labute approximate surface area is 86.7 Å². The Morgan fingerprint density at radius 2 is 1.79 bits per heavy atom. The van der Waals surface area contributed by atoms with Crippen molar-refractivity contribution in [3.05, 3.63) is 11.6 Å². The quantitative estimate of drug-likeness (QED) is 0.486. The van der Waals surface area contributed by atoms with E-state index in [4.69, 9.17) is 4.84 Å². The number of allylic oxidation sites excluding steroid dienone is 1. The second-order valence-electron chi connectivity index (χ2n) is 3.32. The fourth-order valence-corrected chi connectivity index (χ4v) is 1.27. The van der Waals surface area contributed by atoms with Gasteiger partial charge in [-0.25, -0.2) is 5.06 Å². The largest absolute Gasteiger partial charge is 0.274 e. The van der Waals surface area contributed by atoms with Gasteiger partial charge in [0.25, 0.3) is 5.91 Å². The summed E-state index contributed by atoms with van der Waals surface area (Å²) in [5.74, 6) is -0.0793. The summed E-state index contributed by atoms with van der Waals surface area (Å²) in [6.07, 6.45) is 5.84. The molecule has 0 bridgehead atoms. The SMILES string of the molecule is CCCC(=CC(=O)N(C)OC)CCC. The molecule has 0 heterocycles. The third kappa shape index (κ3) is 5.02. The van der Waals surface area contributed by atoms with Crippen molar-refractivity contribution < 1.29 is 9.63 Å². The average Bonchev–Trinajstić information content (AvgIpc) is 2.17. The maximum Gasteiger partial charge on any atom is 0.269 e. The molecule has 0 aromatic rings. The molecule has 0 aliphatic carbocycles. The number of carbonyl (C=O) groups is 1. The Hall–Kier alpha value is -0.830. The summed E-state index contributed by atoms with van der Waals surface area (Å²) in [7, 11) is 3.11. The van der Waals surface area contributed by atoms with Gasteiger partial charge in [-0.15, -0.1) is 0 Å². The summed E-state index contributed by atoms with van der Waals surface area (Å²) in [5.41, 5.74) is 1.21. The van der Waals surface area contributed by atoms with Gasteiger partial charge in [0.1, 0.15) is 0 Å².